The van der Waals surface area contributed by atoms with E-state index in [1.807, 2.05) is 51.7 Å². The van der Waals surface area contributed by atoms with Gasteiger partial charge < -0.3 is 5.32 Å². The summed E-state index contributed by atoms with van der Waals surface area (Å²) in [6, 6.07) is 2.03. The van der Waals surface area contributed by atoms with Crippen LogP contribution in [0, 0.1) is 0 Å². The minimum atomic E-state index is 0.884. The smallest absolute Gasteiger partial charge is 0.0762 e. The van der Waals surface area contributed by atoms with Crippen LogP contribution in [0.25, 0.3) is 0 Å². The van der Waals surface area contributed by atoms with E-state index in [-0.39, 0.29) is 0 Å². The van der Waals surface area contributed by atoms with E-state index in [2.05, 4.69) is 17.3 Å². The molecule has 0 spiro atoms. The van der Waals surface area contributed by atoms with Gasteiger partial charge in [0.1, 0.15) is 0 Å². The number of hydrogen-bond donors (Lipinski definition) is 1. The van der Waals surface area contributed by atoms with E-state index in [9.17, 15) is 0 Å². The highest BCUT2D eigenvalue weighted by Crippen LogP contribution is 1.92. The summed E-state index contributed by atoms with van der Waals surface area (Å²) in [7, 11) is 1.93. The van der Waals surface area contributed by atoms with Crippen molar-refractivity contribution in [1.29, 1.82) is 0 Å². The van der Waals surface area contributed by atoms with Crippen molar-refractivity contribution in [1.82, 2.24) is 15.1 Å². The van der Waals surface area contributed by atoms with Gasteiger partial charge in [-0.25, -0.2) is 0 Å². The van der Waals surface area contributed by atoms with Gasteiger partial charge in [0.05, 0.1) is 5.69 Å². The van der Waals surface area contributed by atoms with E-state index in [1.165, 1.54) is 6.42 Å². The summed E-state index contributed by atoms with van der Waals surface area (Å²) in [5.74, 6) is 0. The lowest BCUT2D eigenvalue weighted by atomic mass is 10.4. The van der Waals surface area contributed by atoms with Gasteiger partial charge >= 0.3 is 0 Å². The van der Waals surface area contributed by atoms with E-state index < -0.39 is 0 Å². The van der Waals surface area contributed by atoms with Gasteiger partial charge in [-0.3, -0.25) is 4.68 Å². The molecule has 3 heteroatoms. The molecule has 15 heavy (non-hydrogen) atoms. The Balaban J connectivity index is 0. The van der Waals surface area contributed by atoms with Crippen LogP contribution in [0.15, 0.2) is 12.3 Å². The summed E-state index contributed by atoms with van der Waals surface area (Å²) >= 11 is 0. The third-order valence-electron chi connectivity index (χ3n) is 1.50. The third kappa shape index (κ3) is 9.47. The lowest BCUT2D eigenvalue weighted by molar-refractivity contribution is 0.646. The highest BCUT2D eigenvalue weighted by atomic mass is 15.3. The summed E-state index contributed by atoms with van der Waals surface area (Å²) in [6.45, 7) is 12.1. The van der Waals surface area contributed by atoms with Crippen molar-refractivity contribution in [2.75, 3.05) is 6.54 Å². The molecule has 0 aromatic carbocycles. The fourth-order valence-electron chi connectivity index (χ4n) is 0.951. The molecule has 1 heterocycles. The Hall–Kier alpha value is -0.830. The molecule has 0 aliphatic heterocycles. The van der Waals surface area contributed by atoms with E-state index in [4.69, 9.17) is 0 Å². The van der Waals surface area contributed by atoms with Crippen molar-refractivity contribution < 1.29 is 0 Å². The Kier molecular flexibility index (Phi) is 14.6. The first-order chi connectivity index (χ1) is 7.33. The molecule has 0 radical (unpaired) electrons. The van der Waals surface area contributed by atoms with Crippen LogP contribution in [0.1, 0.15) is 46.7 Å². The largest absolute Gasteiger partial charge is 0.311 e. The van der Waals surface area contributed by atoms with E-state index in [0.29, 0.717) is 0 Å². The lowest BCUT2D eigenvalue weighted by Crippen LogP contribution is -2.14. The van der Waals surface area contributed by atoms with Crippen molar-refractivity contribution in [3.63, 3.8) is 0 Å². The summed E-state index contributed by atoms with van der Waals surface area (Å²) in [5.41, 5.74) is 1.11. The Labute approximate surface area is 94.9 Å². The van der Waals surface area contributed by atoms with Crippen molar-refractivity contribution in [2.24, 2.45) is 7.05 Å². The first-order valence-electron chi connectivity index (χ1n) is 6.02. The first kappa shape index (κ1) is 16.6. The van der Waals surface area contributed by atoms with Crippen LogP contribution >= 0.6 is 0 Å². The monoisotopic (exact) mass is 213 g/mol. The molecule has 1 N–H and O–H groups in total. The molecule has 0 unspecified atom stereocenters. The standard InChI is InChI=1S/C8H15N3.2C2H6/c1-3-5-9-7-8-4-6-11(2)10-8;2*1-2/h4,6,9H,3,5,7H2,1-2H3;2*1-2H3. The Morgan fingerprint density at radius 1 is 1.27 bits per heavy atom. The topological polar surface area (TPSA) is 29.9 Å². The van der Waals surface area contributed by atoms with Gasteiger partial charge in [-0.15, -0.1) is 0 Å². The maximum absolute atomic E-state index is 4.24. The lowest BCUT2D eigenvalue weighted by Gasteiger charge is -1.97. The van der Waals surface area contributed by atoms with Crippen LogP contribution in [-0.4, -0.2) is 16.3 Å². The number of nitrogens with one attached hydrogen (secondary N) is 1. The van der Waals surface area contributed by atoms with Crippen LogP contribution in [0.5, 0.6) is 0 Å². The molecule has 1 rings (SSSR count). The zero-order chi connectivity index (χ0) is 12.1. The third-order valence-corrected chi connectivity index (χ3v) is 1.50. The number of nitrogens with zero attached hydrogens (tertiary/aromatic N) is 2. The second-order valence-electron chi connectivity index (χ2n) is 2.66. The zero-order valence-corrected chi connectivity index (χ0v) is 11.2. The molecule has 0 saturated carbocycles. The average molecular weight is 213 g/mol. The Bertz CT molecular complexity index is 206. The normalized spacial score (nSPS) is 8.40. The summed E-state index contributed by atoms with van der Waals surface area (Å²) in [4.78, 5) is 0. The van der Waals surface area contributed by atoms with E-state index >= 15 is 0 Å². The first-order valence-corrected chi connectivity index (χ1v) is 6.02. The SMILES string of the molecule is CC.CC.CCCNCc1ccn(C)n1. The van der Waals surface area contributed by atoms with E-state index in [0.717, 1.165) is 18.8 Å². The quantitative estimate of drug-likeness (QED) is 0.779. The van der Waals surface area contributed by atoms with Gasteiger partial charge in [0, 0.05) is 19.8 Å². The summed E-state index contributed by atoms with van der Waals surface area (Å²) < 4.78 is 1.82. The number of aromatic nitrogens is 2. The fourth-order valence-corrected chi connectivity index (χ4v) is 0.951. The van der Waals surface area contributed by atoms with Crippen LogP contribution in [0.2, 0.25) is 0 Å². The maximum atomic E-state index is 4.24. The van der Waals surface area contributed by atoms with Crippen LogP contribution in [0.3, 0.4) is 0 Å². The summed E-state index contributed by atoms with van der Waals surface area (Å²) in [6.07, 6.45) is 3.13. The van der Waals surface area contributed by atoms with Gasteiger partial charge in [-0.05, 0) is 19.0 Å². The molecular weight excluding hydrogens is 186 g/mol. The van der Waals surface area contributed by atoms with Crippen LogP contribution in [-0.2, 0) is 13.6 Å². The second kappa shape index (κ2) is 13.2. The van der Waals surface area contributed by atoms with Crippen LogP contribution < -0.4 is 5.32 Å². The maximum Gasteiger partial charge on any atom is 0.0762 e. The molecule has 0 saturated heterocycles. The predicted octanol–water partition coefficient (Wildman–Crippen LogP) is 2.97. The molecule has 0 bridgehead atoms. The highest BCUT2D eigenvalue weighted by Gasteiger charge is 1.93. The zero-order valence-electron chi connectivity index (χ0n) is 11.2. The molecule has 0 aliphatic rings. The second-order valence-corrected chi connectivity index (χ2v) is 2.66. The molecule has 0 atom stereocenters. The van der Waals surface area contributed by atoms with Crippen molar-refractivity contribution in [2.45, 2.75) is 47.6 Å². The fraction of sp³-hybridized carbons (Fsp3) is 0.750. The van der Waals surface area contributed by atoms with Gasteiger partial charge in [0.15, 0.2) is 0 Å². The minimum absolute atomic E-state index is 0.884. The van der Waals surface area contributed by atoms with Crippen LogP contribution in [0.4, 0.5) is 0 Å². The highest BCUT2D eigenvalue weighted by molar-refractivity contribution is 4.97. The molecule has 1 aromatic heterocycles. The summed E-state index contributed by atoms with van der Waals surface area (Å²) in [5, 5.41) is 7.53. The Morgan fingerprint density at radius 2 is 1.87 bits per heavy atom. The molecule has 90 valence electrons. The van der Waals surface area contributed by atoms with E-state index in [1.54, 1.807) is 0 Å². The molecule has 0 aliphatic carbocycles. The van der Waals surface area contributed by atoms with Gasteiger partial charge in [0.25, 0.3) is 0 Å². The number of rotatable bonds is 4. The van der Waals surface area contributed by atoms with Gasteiger partial charge in [-0.1, -0.05) is 34.6 Å². The Morgan fingerprint density at radius 3 is 2.27 bits per heavy atom. The average Bonchev–Trinajstić information content (AvgIpc) is 2.71. The molecule has 3 nitrogen and oxygen atoms in total. The molecule has 1 aromatic rings. The molecule has 0 fully saturated rings. The number of aryl methyl sites for hydroxylation is 1. The minimum Gasteiger partial charge on any atom is -0.311 e. The van der Waals surface area contributed by atoms with Crippen molar-refractivity contribution in [3.05, 3.63) is 18.0 Å². The molecular formula is C12H27N3. The predicted molar refractivity (Wildman–Crippen MR) is 67.9 cm³/mol. The van der Waals surface area contributed by atoms with Gasteiger partial charge in [0.2, 0.25) is 0 Å². The molecule has 0 amide bonds. The van der Waals surface area contributed by atoms with Crippen molar-refractivity contribution >= 4 is 0 Å². The van der Waals surface area contributed by atoms with Gasteiger partial charge in [-0.2, -0.15) is 5.10 Å². The number of hydrogen-bond acceptors (Lipinski definition) is 2. The van der Waals surface area contributed by atoms with Crippen molar-refractivity contribution in [3.8, 4) is 0 Å².